The summed E-state index contributed by atoms with van der Waals surface area (Å²) in [6, 6.07) is 0. The third-order valence-electron chi connectivity index (χ3n) is 9.19. The lowest BCUT2D eigenvalue weighted by atomic mass is 9.44. The standard InChI is InChI=1S/C26H36O6/c1-16(32-21(29)22(2,3)4)19-8-13-26(31)23(19,5)10-9-20-24(15-27)11-7-18(28)14-17(24)6-12-25(20,26)30/h6,12,14-16,19-20,30-31H,7-11,13H2,1-5H3/t16?,19-,20-,23-,24+,25+,26+/m1/s1. The first-order valence-electron chi connectivity index (χ1n) is 11.8. The van der Waals surface area contributed by atoms with Crippen LogP contribution in [0.25, 0.3) is 0 Å². The molecular formula is C26H36O6. The molecule has 176 valence electrons. The number of ether oxygens (including phenoxy) is 1. The number of carbonyl (C=O) groups is 3. The Morgan fingerprint density at radius 3 is 2.53 bits per heavy atom. The Labute approximate surface area is 190 Å². The van der Waals surface area contributed by atoms with Crippen LogP contribution in [-0.2, 0) is 19.1 Å². The Balaban J connectivity index is 1.72. The van der Waals surface area contributed by atoms with Crippen molar-refractivity contribution >= 4 is 18.0 Å². The molecule has 2 saturated carbocycles. The molecule has 7 atom stereocenters. The smallest absolute Gasteiger partial charge is 0.311 e. The quantitative estimate of drug-likeness (QED) is 0.512. The van der Waals surface area contributed by atoms with Gasteiger partial charge < -0.3 is 19.7 Å². The predicted octanol–water partition coefficient (Wildman–Crippen LogP) is 3.30. The minimum Gasteiger partial charge on any atom is -0.462 e. The Hall–Kier alpha value is -1.79. The summed E-state index contributed by atoms with van der Waals surface area (Å²) in [4.78, 5) is 37.0. The molecule has 0 radical (unpaired) electrons. The van der Waals surface area contributed by atoms with Crippen LogP contribution in [0.5, 0.6) is 0 Å². The molecule has 0 aromatic carbocycles. The molecule has 2 fully saturated rings. The second-order valence-electron chi connectivity index (χ2n) is 11.8. The lowest BCUT2D eigenvalue weighted by molar-refractivity contribution is -0.251. The Kier molecular flexibility index (Phi) is 5.19. The van der Waals surface area contributed by atoms with E-state index >= 15 is 0 Å². The first kappa shape index (κ1) is 23.4. The van der Waals surface area contributed by atoms with Crippen LogP contribution in [0.15, 0.2) is 23.8 Å². The molecule has 4 aliphatic carbocycles. The first-order valence-corrected chi connectivity index (χ1v) is 11.8. The minimum absolute atomic E-state index is 0.0117. The number of hydrogen-bond donors (Lipinski definition) is 2. The van der Waals surface area contributed by atoms with Crippen molar-refractivity contribution in [2.75, 3.05) is 0 Å². The highest BCUT2D eigenvalue weighted by atomic mass is 16.5. The van der Waals surface area contributed by atoms with E-state index in [1.54, 1.807) is 12.2 Å². The monoisotopic (exact) mass is 444 g/mol. The van der Waals surface area contributed by atoms with Crippen molar-refractivity contribution in [3.05, 3.63) is 23.8 Å². The molecule has 0 spiro atoms. The fourth-order valence-electron chi connectivity index (χ4n) is 7.22. The molecule has 2 N–H and O–H groups in total. The highest BCUT2D eigenvalue weighted by molar-refractivity contribution is 5.94. The van der Waals surface area contributed by atoms with Crippen molar-refractivity contribution in [1.29, 1.82) is 0 Å². The molecule has 4 aliphatic rings. The van der Waals surface area contributed by atoms with Gasteiger partial charge in [-0.15, -0.1) is 0 Å². The van der Waals surface area contributed by atoms with Gasteiger partial charge in [0.25, 0.3) is 0 Å². The number of fused-ring (bicyclic) bond motifs is 5. The zero-order chi connectivity index (χ0) is 23.7. The third-order valence-corrected chi connectivity index (χ3v) is 9.19. The van der Waals surface area contributed by atoms with Gasteiger partial charge in [-0.25, -0.2) is 0 Å². The Morgan fingerprint density at radius 1 is 1.22 bits per heavy atom. The van der Waals surface area contributed by atoms with Gasteiger partial charge in [-0.2, -0.15) is 0 Å². The first-order chi connectivity index (χ1) is 14.7. The highest BCUT2D eigenvalue weighted by Crippen LogP contribution is 2.68. The maximum absolute atomic E-state index is 12.5. The van der Waals surface area contributed by atoms with E-state index in [9.17, 15) is 24.6 Å². The number of hydrogen-bond acceptors (Lipinski definition) is 6. The van der Waals surface area contributed by atoms with Crippen LogP contribution in [0.4, 0.5) is 0 Å². The lowest BCUT2D eigenvalue weighted by Gasteiger charge is -2.63. The Bertz CT molecular complexity index is 912. The van der Waals surface area contributed by atoms with Gasteiger partial charge in [0, 0.05) is 23.7 Å². The fourth-order valence-corrected chi connectivity index (χ4v) is 7.22. The third kappa shape index (κ3) is 2.88. The summed E-state index contributed by atoms with van der Waals surface area (Å²) in [6.45, 7) is 9.30. The van der Waals surface area contributed by atoms with Crippen LogP contribution in [0.3, 0.4) is 0 Å². The molecule has 0 amide bonds. The summed E-state index contributed by atoms with van der Waals surface area (Å²) < 4.78 is 5.81. The molecule has 6 heteroatoms. The van der Waals surface area contributed by atoms with Gasteiger partial charge in [0.1, 0.15) is 23.6 Å². The SMILES string of the molecule is CC(OC(=O)C(C)(C)C)[C@H]1CC[C@@]2(O)[C@]3(O)C=CC4=CC(=O)CC[C@@]4(C=O)[C@H]3CC[C@]12C. The van der Waals surface area contributed by atoms with Gasteiger partial charge >= 0.3 is 5.97 Å². The number of aliphatic hydroxyl groups is 2. The molecule has 0 aromatic heterocycles. The normalized spacial score (nSPS) is 44.1. The van der Waals surface area contributed by atoms with Crippen molar-refractivity contribution in [2.45, 2.75) is 90.4 Å². The van der Waals surface area contributed by atoms with E-state index in [0.29, 0.717) is 37.7 Å². The van der Waals surface area contributed by atoms with Crippen molar-refractivity contribution in [3.63, 3.8) is 0 Å². The van der Waals surface area contributed by atoms with E-state index in [-0.39, 0.29) is 24.1 Å². The summed E-state index contributed by atoms with van der Waals surface area (Å²) in [6.07, 6.45) is 8.03. The zero-order valence-corrected chi connectivity index (χ0v) is 19.8. The largest absolute Gasteiger partial charge is 0.462 e. The van der Waals surface area contributed by atoms with Crippen molar-refractivity contribution in [3.8, 4) is 0 Å². The van der Waals surface area contributed by atoms with Crippen molar-refractivity contribution < 1.29 is 29.3 Å². The van der Waals surface area contributed by atoms with E-state index in [0.717, 1.165) is 6.29 Å². The zero-order valence-electron chi connectivity index (χ0n) is 19.8. The van der Waals surface area contributed by atoms with Crippen LogP contribution < -0.4 is 0 Å². The number of rotatable bonds is 3. The number of ketones is 1. The molecule has 0 bridgehead atoms. The van der Waals surface area contributed by atoms with E-state index in [1.807, 2.05) is 34.6 Å². The minimum atomic E-state index is -1.60. The summed E-state index contributed by atoms with van der Waals surface area (Å²) in [5.74, 6) is -0.909. The summed E-state index contributed by atoms with van der Waals surface area (Å²) in [5, 5.41) is 24.2. The van der Waals surface area contributed by atoms with Crippen molar-refractivity contribution in [2.24, 2.45) is 28.1 Å². The van der Waals surface area contributed by atoms with Crippen molar-refractivity contribution in [1.82, 2.24) is 0 Å². The van der Waals surface area contributed by atoms with E-state index in [4.69, 9.17) is 4.74 Å². The fraction of sp³-hybridized carbons (Fsp3) is 0.731. The van der Waals surface area contributed by atoms with Crippen LogP contribution >= 0.6 is 0 Å². The van der Waals surface area contributed by atoms with Gasteiger partial charge in [0.2, 0.25) is 0 Å². The van der Waals surface area contributed by atoms with Gasteiger partial charge in [0.15, 0.2) is 5.78 Å². The lowest BCUT2D eigenvalue weighted by Crippen LogP contribution is -2.71. The molecule has 4 rings (SSSR count). The predicted molar refractivity (Wildman–Crippen MR) is 118 cm³/mol. The Morgan fingerprint density at radius 2 is 1.91 bits per heavy atom. The second kappa shape index (κ2) is 7.10. The number of esters is 1. The maximum Gasteiger partial charge on any atom is 0.311 e. The summed E-state index contributed by atoms with van der Waals surface area (Å²) in [7, 11) is 0. The van der Waals surface area contributed by atoms with Gasteiger partial charge in [0.05, 0.1) is 10.8 Å². The topological polar surface area (TPSA) is 101 Å². The van der Waals surface area contributed by atoms with Crippen LogP contribution in [0.2, 0.25) is 0 Å². The molecule has 32 heavy (non-hydrogen) atoms. The van der Waals surface area contributed by atoms with Gasteiger partial charge in [-0.1, -0.05) is 13.0 Å². The van der Waals surface area contributed by atoms with Crippen LogP contribution in [0.1, 0.15) is 73.1 Å². The maximum atomic E-state index is 12.5. The molecule has 0 heterocycles. The molecule has 0 aromatic rings. The average Bonchev–Trinajstić information content (AvgIpc) is 2.99. The van der Waals surface area contributed by atoms with E-state index in [1.165, 1.54) is 6.08 Å². The van der Waals surface area contributed by atoms with Gasteiger partial charge in [-0.3, -0.25) is 9.59 Å². The van der Waals surface area contributed by atoms with E-state index in [2.05, 4.69) is 0 Å². The molecule has 0 aliphatic heterocycles. The molecular weight excluding hydrogens is 408 g/mol. The summed E-state index contributed by atoms with van der Waals surface area (Å²) in [5.41, 5.74) is -4.68. The average molecular weight is 445 g/mol. The van der Waals surface area contributed by atoms with Crippen LogP contribution in [-0.4, -0.2) is 45.6 Å². The highest BCUT2D eigenvalue weighted by Gasteiger charge is 2.73. The molecule has 6 nitrogen and oxygen atoms in total. The molecule has 0 saturated heterocycles. The van der Waals surface area contributed by atoms with Gasteiger partial charge in [-0.05, 0) is 77.5 Å². The summed E-state index contributed by atoms with van der Waals surface area (Å²) >= 11 is 0. The second-order valence-corrected chi connectivity index (χ2v) is 11.8. The number of carbonyl (C=O) groups excluding carboxylic acids is 3. The van der Waals surface area contributed by atoms with Crippen LogP contribution in [0, 0.1) is 28.1 Å². The van der Waals surface area contributed by atoms with E-state index < -0.39 is 39.5 Å². The number of aldehydes is 1. The number of allylic oxidation sites excluding steroid dienone is 3. The molecule has 1 unspecified atom stereocenters.